The summed E-state index contributed by atoms with van der Waals surface area (Å²) in [5.74, 6) is 1.54. The number of imide groups is 1. The first-order valence-corrected chi connectivity index (χ1v) is 18.1. The van der Waals surface area contributed by atoms with Crippen LogP contribution in [0.4, 0.5) is 22.2 Å². The lowest BCUT2D eigenvalue weighted by atomic mass is 9.85. The Balaban J connectivity index is 0.804. The Morgan fingerprint density at radius 3 is 2.66 bits per heavy atom. The van der Waals surface area contributed by atoms with Crippen molar-refractivity contribution in [3.8, 4) is 5.75 Å². The maximum atomic E-state index is 13.4. The van der Waals surface area contributed by atoms with Gasteiger partial charge in [0.05, 0.1) is 47.8 Å². The second-order valence-electron chi connectivity index (χ2n) is 14.0. The number of amides is 4. The Morgan fingerprint density at radius 2 is 1.85 bits per heavy atom. The highest BCUT2D eigenvalue weighted by Gasteiger charge is 2.30. The number of aromatic nitrogens is 7. The van der Waals surface area contributed by atoms with Gasteiger partial charge in [0.1, 0.15) is 5.75 Å². The standard InChI is InChI=1S/C37H40N12O4/c1-53-31-19-28-25(18-27(31)35(51)41-33-21-38-32-5-2-11-40-49(32)33)23-48(43-28)26-8-6-24(7-9-26)22-44-14-16-45(17-15-44)29-4-3-12-46-30(29)20-39-36(46)47-13-10-34(50)42-37(47)52/h2-5,11-12,18-21,23-24,26H,6-10,13-17,22H2,1H3,(H,41,51)(H,42,50,52). The van der Waals surface area contributed by atoms with E-state index >= 15 is 0 Å². The van der Waals surface area contributed by atoms with Crippen LogP contribution in [-0.2, 0) is 4.79 Å². The summed E-state index contributed by atoms with van der Waals surface area (Å²) in [5.41, 5.74) is 3.91. The summed E-state index contributed by atoms with van der Waals surface area (Å²) in [4.78, 5) is 52.9. The maximum absolute atomic E-state index is 13.4. The molecule has 0 atom stereocenters. The number of nitrogens with zero attached hydrogens (tertiary/aromatic N) is 10. The quantitative estimate of drug-likeness (QED) is 0.236. The Labute approximate surface area is 304 Å². The van der Waals surface area contributed by atoms with Gasteiger partial charge in [-0.1, -0.05) is 0 Å². The molecule has 0 bridgehead atoms. The SMILES string of the molecule is COc1cc2nn(C3CCC(CN4CCN(c5cccn6c(N7CCC(=O)NC7=O)ncc56)CC4)CC3)cc2cc1C(=O)Nc1cnc2cccnn12. The zero-order valence-electron chi connectivity index (χ0n) is 29.4. The van der Waals surface area contributed by atoms with Gasteiger partial charge in [-0.05, 0) is 61.9 Å². The van der Waals surface area contributed by atoms with Gasteiger partial charge in [-0.2, -0.15) is 14.7 Å². The van der Waals surface area contributed by atoms with Crippen molar-refractivity contribution in [1.82, 2.24) is 44.0 Å². The average Bonchev–Trinajstić information content (AvgIpc) is 3.92. The van der Waals surface area contributed by atoms with Gasteiger partial charge in [-0.3, -0.25) is 33.8 Å². The van der Waals surface area contributed by atoms with Crippen molar-refractivity contribution in [2.24, 2.45) is 5.92 Å². The van der Waals surface area contributed by atoms with Crippen molar-refractivity contribution < 1.29 is 19.1 Å². The molecule has 0 radical (unpaired) electrons. The maximum Gasteiger partial charge on any atom is 0.330 e. The number of hydrogen-bond donors (Lipinski definition) is 2. The van der Waals surface area contributed by atoms with Crippen LogP contribution in [0.1, 0.15) is 48.5 Å². The number of urea groups is 1. The first kappa shape index (κ1) is 32.8. The molecule has 3 aliphatic rings. The van der Waals surface area contributed by atoms with E-state index in [1.807, 2.05) is 41.1 Å². The molecule has 16 heteroatoms. The summed E-state index contributed by atoms with van der Waals surface area (Å²) in [5, 5.41) is 15.4. The van der Waals surface area contributed by atoms with Crippen molar-refractivity contribution in [3.05, 3.63) is 72.9 Å². The van der Waals surface area contributed by atoms with Gasteiger partial charge in [-0.15, -0.1) is 0 Å². The fourth-order valence-corrected chi connectivity index (χ4v) is 8.05. The van der Waals surface area contributed by atoms with Crippen molar-refractivity contribution >= 4 is 57.4 Å². The zero-order chi connectivity index (χ0) is 36.1. The number of fused-ring (bicyclic) bond motifs is 3. The monoisotopic (exact) mass is 716 g/mol. The number of benzene rings is 1. The van der Waals surface area contributed by atoms with E-state index in [1.165, 1.54) is 4.90 Å². The fraction of sp³-hybridized carbons (Fsp3) is 0.378. The van der Waals surface area contributed by atoms with E-state index in [2.05, 4.69) is 52.4 Å². The van der Waals surface area contributed by atoms with E-state index in [1.54, 1.807) is 30.1 Å². The van der Waals surface area contributed by atoms with E-state index in [4.69, 9.17) is 9.84 Å². The molecular weight excluding hydrogens is 676 g/mol. The minimum Gasteiger partial charge on any atom is -0.496 e. The lowest BCUT2D eigenvalue weighted by molar-refractivity contribution is -0.120. The molecule has 1 aliphatic carbocycles. The smallest absolute Gasteiger partial charge is 0.330 e. The first-order valence-electron chi connectivity index (χ1n) is 18.1. The molecule has 1 saturated carbocycles. The molecule has 2 N–H and O–H groups in total. The summed E-state index contributed by atoms with van der Waals surface area (Å²) >= 11 is 0. The number of piperazine rings is 1. The van der Waals surface area contributed by atoms with Crippen LogP contribution >= 0.6 is 0 Å². The molecule has 7 heterocycles. The molecule has 6 aromatic rings. The normalized spacial score (nSPS) is 20.0. The van der Waals surface area contributed by atoms with Gasteiger partial charge < -0.3 is 15.0 Å². The van der Waals surface area contributed by atoms with Crippen LogP contribution in [-0.4, -0.2) is 103 Å². The van der Waals surface area contributed by atoms with Crippen LogP contribution in [0.25, 0.3) is 22.1 Å². The van der Waals surface area contributed by atoms with Crippen LogP contribution in [0.5, 0.6) is 5.75 Å². The summed E-state index contributed by atoms with van der Waals surface area (Å²) in [6.07, 6.45) is 13.7. The van der Waals surface area contributed by atoms with Crippen molar-refractivity contribution in [1.29, 1.82) is 0 Å². The average molecular weight is 717 g/mol. The third kappa shape index (κ3) is 6.18. The largest absolute Gasteiger partial charge is 0.496 e. The lowest BCUT2D eigenvalue weighted by Crippen LogP contribution is -2.50. The minimum atomic E-state index is -0.435. The van der Waals surface area contributed by atoms with Crippen molar-refractivity contribution in [2.75, 3.05) is 61.5 Å². The number of methoxy groups -OCH3 is 1. The predicted octanol–water partition coefficient (Wildman–Crippen LogP) is 3.99. The highest BCUT2D eigenvalue weighted by Crippen LogP contribution is 2.35. The zero-order valence-corrected chi connectivity index (χ0v) is 29.4. The topological polar surface area (TPSA) is 160 Å². The van der Waals surface area contributed by atoms with Gasteiger partial charge in [0.25, 0.3) is 5.91 Å². The predicted molar refractivity (Wildman–Crippen MR) is 198 cm³/mol. The van der Waals surface area contributed by atoms with Crippen LogP contribution in [0.3, 0.4) is 0 Å². The highest BCUT2D eigenvalue weighted by atomic mass is 16.5. The number of ether oxygens (including phenoxy) is 1. The molecule has 5 aromatic heterocycles. The number of hydrogen-bond acceptors (Lipinski definition) is 10. The Kier molecular flexibility index (Phi) is 8.37. The van der Waals surface area contributed by atoms with Gasteiger partial charge in [0, 0.05) is 75.7 Å². The number of pyridine rings is 1. The van der Waals surface area contributed by atoms with E-state index < -0.39 is 6.03 Å². The fourth-order valence-electron chi connectivity index (χ4n) is 8.05. The number of rotatable bonds is 8. The minimum absolute atomic E-state index is 0.257. The number of carbonyl (C=O) groups is 3. The van der Waals surface area contributed by atoms with Crippen LogP contribution < -0.4 is 25.2 Å². The summed E-state index contributed by atoms with van der Waals surface area (Å²) in [6.45, 7) is 5.18. The van der Waals surface area contributed by atoms with E-state index in [-0.39, 0.29) is 18.2 Å². The molecule has 9 rings (SSSR count). The van der Waals surface area contributed by atoms with E-state index in [9.17, 15) is 14.4 Å². The Hall–Kier alpha value is -6.03. The molecule has 16 nitrogen and oxygen atoms in total. The molecule has 0 spiro atoms. The first-order chi connectivity index (χ1) is 25.9. The summed E-state index contributed by atoms with van der Waals surface area (Å²) < 4.78 is 11.2. The lowest BCUT2D eigenvalue weighted by Gasteiger charge is -2.39. The summed E-state index contributed by atoms with van der Waals surface area (Å²) in [7, 11) is 1.56. The van der Waals surface area contributed by atoms with Crippen molar-refractivity contribution in [2.45, 2.75) is 38.1 Å². The van der Waals surface area contributed by atoms with Crippen LogP contribution in [0.15, 0.2) is 67.4 Å². The van der Waals surface area contributed by atoms with Gasteiger partial charge in [-0.25, -0.2) is 14.8 Å². The third-order valence-electron chi connectivity index (χ3n) is 10.9. The molecule has 4 amide bonds. The highest BCUT2D eigenvalue weighted by molar-refractivity contribution is 6.08. The van der Waals surface area contributed by atoms with Gasteiger partial charge >= 0.3 is 6.03 Å². The number of nitrogens with one attached hydrogen (secondary N) is 2. The molecule has 2 saturated heterocycles. The van der Waals surface area contributed by atoms with Gasteiger partial charge in [0.2, 0.25) is 11.9 Å². The molecule has 2 aliphatic heterocycles. The number of anilines is 3. The number of imidazole rings is 2. The molecule has 53 heavy (non-hydrogen) atoms. The Morgan fingerprint density at radius 1 is 1.00 bits per heavy atom. The second-order valence-corrected chi connectivity index (χ2v) is 14.0. The van der Waals surface area contributed by atoms with E-state index in [0.29, 0.717) is 47.2 Å². The van der Waals surface area contributed by atoms with Crippen LogP contribution in [0.2, 0.25) is 0 Å². The van der Waals surface area contributed by atoms with Crippen LogP contribution in [0, 0.1) is 5.92 Å². The molecule has 1 aromatic carbocycles. The van der Waals surface area contributed by atoms with Crippen molar-refractivity contribution in [3.63, 3.8) is 0 Å². The third-order valence-corrected chi connectivity index (χ3v) is 10.9. The molecule has 0 unspecified atom stereocenters. The van der Waals surface area contributed by atoms with E-state index in [0.717, 1.165) is 80.5 Å². The molecule has 272 valence electrons. The summed E-state index contributed by atoms with van der Waals surface area (Å²) in [6, 6.07) is 11.3. The molecule has 3 fully saturated rings. The number of carbonyl (C=O) groups excluding carboxylic acids is 3. The second kappa shape index (κ2) is 13.5. The Bertz CT molecular complexity index is 2350. The van der Waals surface area contributed by atoms with Gasteiger partial charge in [0.15, 0.2) is 11.5 Å². The molecular formula is C37H40N12O4.